The van der Waals surface area contributed by atoms with Crippen LogP contribution in [0.25, 0.3) is 0 Å². The van der Waals surface area contributed by atoms with Crippen LogP contribution in [0, 0.1) is 0 Å². The summed E-state index contributed by atoms with van der Waals surface area (Å²) >= 11 is 5.83. The molecule has 1 N–H and O–H groups in total. The minimum Gasteiger partial charge on any atom is -0.492 e. The number of sulfonamides is 1. The Hall–Kier alpha value is -2.35. The molecule has 0 aliphatic rings. The summed E-state index contributed by atoms with van der Waals surface area (Å²) in [7, 11) is -3.60. The van der Waals surface area contributed by atoms with Crippen molar-refractivity contribution in [2.24, 2.45) is 0 Å². The van der Waals surface area contributed by atoms with Gasteiger partial charge in [-0.3, -0.25) is 0 Å². The SMILES string of the molecule is O=S(=O)(NCCOc1ccc(Cn2ccnc2)cc1)c1cccc(Cl)c1. The molecule has 26 heavy (non-hydrogen) atoms. The Kier molecular flexibility index (Phi) is 5.92. The van der Waals surface area contributed by atoms with Gasteiger partial charge in [0.15, 0.2) is 0 Å². The largest absolute Gasteiger partial charge is 0.492 e. The molecule has 3 aromatic rings. The van der Waals surface area contributed by atoms with E-state index in [2.05, 4.69) is 9.71 Å². The lowest BCUT2D eigenvalue weighted by molar-refractivity contribution is 0.322. The normalized spacial score (nSPS) is 11.4. The smallest absolute Gasteiger partial charge is 0.240 e. The summed E-state index contributed by atoms with van der Waals surface area (Å²) in [6, 6.07) is 13.8. The lowest BCUT2D eigenvalue weighted by Gasteiger charge is -2.09. The molecule has 136 valence electrons. The van der Waals surface area contributed by atoms with Crippen molar-refractivity contribution in [3.05, 3.63) is 77.8 Å². The molecule has 3 rings (SSSR count). The Bertz CT molecular complexity index is 942. The fourth-order valence-corrected chi connectivity index (χ4v) is 3.66. The van der Waals surface area contributed by atoms with E-state index in [0.717, 1.165) is 12.1 Å². The predicted octanol–water partition coefficient (Wildman–Crippen LogP) is 2.94. The number of hydrogen-bond donors (Lipinski definition) is 1. The molecule has 0 aliphatic carbocycles. The van der Waals surface area contributed by atoms with Gasteiger partial charge < -0.3 is 9.30 Å². The summed E-state index contributed by atoms with van der Waals surface area (Å²) in [5, 5.41) is 0.375. The first-order valence-electron chi connectivity index (χ1n) is 7.96. The van der Waals surface area contributed by atoms with E-state index >= 15 is 0 Å². The highest BCUT2D eigenvalue weighted by atomic mass is 35.5. The number of benzene rings is 2. The molecule has 0 aliphatic heterocycles. The summed E-state index contributed by atoms with van der Waals surface area (Å²) in [5.74, 6) is 0.682. The van der Waals surface area contributed by atoms with Crippen molar-refractivity contribution < 1.29 is 13.2 Å². The molecule has 0 saturated heterocycles. The van der Waals surface area contributed by atoms with Gasteiger partial charge in [0.1, 0.15) is 12.4 Å². The number of halogens is 1. The highest BCUT2D eigenvalue weighted by Crippen LogP contribution is 2.15. The topological polar surface area (TPSA) is 73.2 Å². The maximum absolute atomic E-state index is 12.2. The van der Waals surface area contributed by atoms with Gasteiger partial charge in [-0.25, -0.2) is 18.1 Å². The molecule has 1 heterocycles. The maximum Gasteiger partial charge on any atom is 0.240 e. The average Bonchev–Trinajstić information content (AvgIpc) is 3.13. The second-order valence-electron chi connectivity index (χ2n) is 5.58. The van der Waals surface area contributed by atoms with Gasteiger partial charge in [0, 0.05) is 30.5 Å². The second kappa shape index (κ2) is 8.35. The second-order valence-corrected chi connectivity index (χ2v) is 7.79. The van der Waals surface area contributed by atoms with E-state index < -0.39 is 10.0 Å². The molecule has 0 amide bonds. The van der Waals surface area contributed by atoms with Crippen LogP contribution in [0.2, 0.25) is 5.02 Å². The first-order chi connectivity index (χ1) is 12.5. The summed E-state index contributed by atoms with van der Waals surface area (Å²) < 4.78 is 34.4. The summed E-state index contributed by atoms with van der Waals surface area (Å²) in [5.41, 5.74) is 1.12. The van der Waals surface area contributed by atoms with Crippen molar-refractivity contribution in [3.63, 3.8) is 0 Å². The van der Waals surface area contributed by atoms with Gasteiger partial charge in [0.05, 0.1) is 11.2 Å². The van der Waals surface area contributed by atoms with E-state index in [1.807, 2.05) is 35.0 Å². The molecule has 0 fully saturated rings. The third-order valence-electron chi connectivity index (χ3n) is 3.62. The Morgan fingerprint density at radius 1 is 1.15 bits per heavy atom. The molecule has 1 aromatic heterocycles. The van der Waals surface area contributed by atoms with Crippen LogP contribution >= 0.6 is 11.6 Å². The monoisotopic (exact) mass is 391 g/mol. The molecule has 2 aromatic carbocycles. The van der Waals surface area contributed by atoms with Crippen LogP contribution in [0.15, 0.2) is 72.1 Å². The van der Waals surface area contributed by atoms with E-state index in [1.54, 1.807) is 24.7 Å². The molecule has 0 unspecified atom stereocenters. The van der Waals surface area contributed by atoms with Crippen molar-refractivity contribution >= 4 is 21.6 Å². The lowest BCUT2D eigenvalue weighted by atomic mass is 10.2. The molecule has 0 bridgehead atoms. The van der Waals surface area contributed by atoms with Crippen LogP contribution in [0.4, 0.5) is 0 Å². The molecule has 0 saturated carbocycles. The molecule has 0 radical (unpaired) electrons. The quantitative estimate of drug-likeness (QED) is 0.599. The molecular formula is C18H18ClN3O3S. The molecular weight excluding hydrogens is 374 g/mol. The van der Waals surface area contributed by atoms with E-state index in [0.29, 0.717) is 10.8 Å². The van der Waals surface area contributed by atoms with Crippen molar-refractivity contribution in [3.8, 4) is 5.75 Å². The van der Waals surface area contributed by atoms with Crippen LogP contribution < -0.4 is 9.46 Å². The Morgan fingerprint density at radius 3 is 2.65 bits per heavy atom. The fourth-order valence-electron chi connectivity index (χ4n) is 2.34. The van der Waals surface area contributed by atoms with E-state index in [9.17, 15) is 8.42 Å². The number of ether oxygens (including phenoxy) is 1. The van der Waals surface area contributed by atoms with Crippen LogP contribution in [0.3, 0.4) is 0 Å². The first kappa shape index (κ1) is 18.4. The van der Waals surface area contributed by atoms with Gasteiger partial charge in [0.25, 0.3) is 0 Å². The summed E-state index contributed by atoms with van der Waals surface area (Å²) in [4.78, 5) is 4.14. The van der Waals surface area contributed by atoms with Crippen molar-refractivity contribution in [1.82, 2.24) is 14.3 Å². The number of rotatable bonds is 8. The summed E-state index contributed by atoms with van der Waals surface area (Å²) in [6.45, 7) is 1.12. The van der Waals surface area contributed by atoms with Gasteiger partial charge in [-0.05, 0) is 35.9 Å². The first-order valence-corrected chi connectivity index (χ1v) is 9.82. The fraction of sp³-hybridized carbons (Fsp3) is 0.167. The number of nitrogens with zero attached hydrogens (tertiary/aromatic N) is 2. The third kappa shape index (κ3) is 5.08. The van der Waals surface area contributed by atoms with Gasteiger partial charge in [-0.2, -0.15) is 0 Å². The summed E-state index contributed by atoms with van der Waals surface area (Å²) in [6.07, 6.45) is 5.40. The molecule has 0 atom stereocenters. The lowest BCUT2D eigenvalue weighted by Crippen LogP contribution is -2.28. The van der Waals surface area contributed by atoms with Crippen LogP contribution in [-0.2, 0) is 16.6 Å². The Labute approximate surface area is 157 Å². The highest BCUT2D eigenvalue weighted by molar-refractivity contribution is 7.89. The standard InChI is InChI=1S/C18H18ClN3O3S/c19-16-2-1-3-18(12-16)26(23,24)21-9-11-25-17-6-4-15(5-7-17)13-22-10-8-20-14-22/h1-8,10,12,14,21H,9,11,13H2. The zero-order chi connectivity index (χ0) is 18.4. The van der Waals surface area contributed by atoms with Gasteiger partial charge >= 0.3 is 0 Å². The Balaban J connectivity index is 1.47. The number of imidazole rings is 1. The van der Waals surface area contributed by atoms with Crippen molar-refractivity contribution in [2.45, 2.75) is 11.4 Å². The van der Waals surface area contributed by atoms with Gasteiger partial charge in [-0.15, -0.1) is 0 Å². The van der Waals surface area contributed by atoms with E-state index in [-0.39, 0.29) is 18.0 Å². The van der Waals surface area contributed by atoms with Crippen LogP contribution in [0.1, 0.15) is 5.56 Å². The minimum absolute atomic E-state index is 0.133. The van der Waals surface area contributed by atoms with Crippen molar-refractivity contribution in [2.75, 3.05) is 13.2 Å². The molecule has 6 nitrogen and oxygen atoms in total. The molecule has 0 spiro atoms. The predicted molar refractivity (Wildman–Crippen MR) is 99.9 cm³/mol. The maximum atomic E-state index is 12.2. The van der Waals surface area contributed by atoms with Crippen LogP contribution in [-0.4, -0.2) is 31.1 Å². The minimum atomic E-state index is -3.60. The third-order valence-corrected chi connectivity index (χ3v) is 5.31. The molecule has 8 heteroatoms. The Morgan fingerprint density at radius 2 is 1.96 bits per heavy atom. The number of nitrogens with one attached hydrogen (secondary N) is 1. The van der Waals surface area contributed by atoms with E-state index in [1.165, 1.54) is 12.1 Å². The number of aromatic nitrogens is 2. The zero-order valence-corrected chi connectivity index (χ0v) is 15.4. The highest BCUT2D eigenvalue weighted by Gasteiger charge is 2.13. The van der Waals surface area contributed by atoms with Crippen molar-refractivity contribution in [1.29, 1.82) is 0 Å². The van der Waals surface area contributed by atoms with Gasteiger partial charge in [-0.1, -0.05) is 29.8 Å². The van der Waals surface area contributed by atoms with Crippen LogP contribution in [0.5, 0.6) is 5.75 Å². The zero-order valence-electron chi connectivity index (χ0n) is 13.9. The van der Waals surface area contributed by atoms with E-state index in [4.69, 9.17) is 16.3 Å². The average molecular weight is 392 g/mol. The van der Waals surface area contributed by atoms with Gasteiger partial charge in [0.2, 0.25) is 10.0 Å². The number of hydrogen-bond acceptors (Lipinski definition) is 4.